The zero-order chi connectivity index (χ0) is 17.0. The summed E-state index contributed by atoms with van der Waals surface area (Å²) in [5.74, 6) is 0.276. The van der Waals surface area contributed by atoms with Crippen molar-refractivity contribution in [2.45, 2.75) is 38.6 Å². The lowest BCUT2D eigenvalue weighted by atomic mass is 9.87. The van der Waals surface area contributed by atoms with E-state index in [0.717, 1.165) is 31.6 Å². The minimum absolute atomic E-state index is 0.102. The highest BCUT2D eigenvalue weighted by atomic mass is 35.5. The van der Waals surface area contributed by atoms with Crippen LogP contribution in [0.5, 0.6) is 5.75 Å². The first-order chi connectivity index (χ1) is 10.9. The smallest absolute Gasteiger partial charge is 0.260 e. The van der Waals surface area contributed by atoms with Crippen LogP contribution in [0.2, 0.25) is 5.02 Å². The largest absolute Gasteiger partial charge is 0.483 e. The Bertz CT molecular complexity index is 583. The second-order valence-corrected chi connectivity index (χ2v) is 6.65. The highest BCUT2D eigenvalue weighted by molar-refractivity contribution is 6.31. The molecule has 0 radical (unpaired) electrons. The Hall–Kier alpha value is -1.75. The van der Waals surface area contributed by atoms with Gasteiger partial charge in [-0.05, 0) is 49.8 Å². The third kappa shape index (κ3) is 4.61. The van der Waals surface area contributed by atoms with Crippen molar-refractivity contribution < 1.29 is 14.3 Å². The molecule has 0 saturated heterocycles. The van der Waals surface area contributed by atoms with Crippen molar-refractivity contribution in [3.63, 3.8) is 0 Å². The van der Waals surface area contributed by atoms with E-state index in [1.807, 2.05) is 7.05 Å². The van der Waals surface area contributed by atoms with Gasteiger partial charge < -0.3 is 15.4 Å². The van der Waals surface area contributed by atoms with Crippen molar-refractivity contribution >= 4 is 23.4 Å². The highest BCUT2D eigenvalue weighted by Gasteiger charge is 2.25. The van der Waals surface area contributed by atoms with Crippen molar-refractivity contribution in [3.05, 3.63) is 28.8 Å². The summed E-state index contributed by atoms with van der Waals surface area (Å²) in [6, 6.07) is 4.86. The normalized spacial score (nSPS) is 20.8. The van der Waals surface area contributed by atoms with E-state index in [1.165, 1.54) is 6.07 Å². The van der Waals surface area contributed by atoms with Gasteiger partial charge in [0.25, 0.3) is 11.8 Å². The van der Waals surface area contributed by atoms with Crippen molar-refractivity contribution in [1.82, 2.24) is 4.90 Å². The first-order valence-electron chi connectivity index (χ1n) is 7.86. The Morgan fingerprint density at radius 1 is 1.30 bits per heavy atom. The van der Waals surface area contributed by atoms with E-state index in [-0.39, 0.29) is 29.9 Å². The monoisotopic (exact) mass is 338 g/mol. The third-order valence-electron chi connectivity index (χ3n) is 4.48. The van der Waals surface area contributed by atoms with Crippen LogP contribution in [0.4, 0.5) is 0 Å². The number of benzene rings is 1. The molecule has 2 rings (SSSR count). The van der Waals surface area contributed by atoms with Crippen LogP contribution in [0.1, 0.15) is 43.0 Å². The number of carbonyl (C=O) groups excluding carboxylic acids is 2. The van der Waals surface area contributed by atoms with Crippen LogP contribution >= 0.6 is 11.6 Å². The van der Waals surface area contributed by atoms with Crippen LogP contribution in [-0.2, 0) is 4.79 Å². The van der Waals surface area contributed by atoms with E-state index >= 15 is 0 Å². The second kappa shape index (κ2) is 7.68. The van der Waals surface area contributed by atoms with Gasteiger partial charge in [-0.3, -0.25) is 9.59 Å². The quantitative estimate of drug-likeness (QED) is 0.897. The lowest BCUT2D eigenvalue weighted by Gasteiger charge is -2.33. The lowest BCUT2D eigenvalue weighted by molar-refractivity contribution is -0.134. The molecule has 6 heteroatoms. The first kappa shape index (κ1) is 17.6. The van der Waals surface area contributed by atoms with Gasteiger partial charge >= 0.3 is 0 Å². The van der Waals surface area contributed by atoms with Crippen molar-refractivity contribution in [2.75, 3.05) is 13.7 Å². The molecule has 0 heterocycles. The third-order valence-corrected chi connectivity index (χ3v) is 4.72. The number of ether oxygens (including phenoxy) is 1. The van der Waals surface area contributed by atoms with Gasteiger partial charge in [0.2, 0.25) is 0 Å². The second-order valence-electron chi connectivity index (χ2n) is 6.21. The molecule has 0 bridgehead atoms. The van der Waals surface area contributed by atoms with Crippen molar-refractivity contribution in [2.24, 2.45) is 11.7 Å². The molecule has 1 saturated carbocycles. The molecular weight excluding hydrogens is 316 g/mol. The summed E-state index contributed by atoms with van der Waals surface area (Å²) >= 11 is 5.85. The average molecular weight is 339 g/mol. The maximum Gasteiger partial charge on any atom is 0.260 e. The summed E-state index contributed by atoms with van der Waals surface area (Å²) in [4.78, 5) is 25.5. The van der Waals surface area contributed by atoms with Gasteiger partial charge in [-0.15, -0.1) is 0 Å². The number of amides is 2. The molecule has 126 valence electrons. The molecule has 0 unspecified atom stereocenters. The van der Waals surface area contributed by atoms with Crippen LogP contribution in [0.15, 0.2) is 18.2 Å². The van der Waals surface area contributed by atoms with E-state index in [2.05, 4.69) is 6.92 Å². The summed E-state index contributed by atoms with van der Waals surface area (Å²) < 4.78 is 5.50. The molecule has 0 aliphatic heterocycles. The minimum Gasteiger partial charge on any atom is -0.483 e. The van der Waals surface area contributed by atoms with E-state index in [1.54, 1.807) is 17.0 Å². The molecule has 0 spiro atoms. The molecule has 1 aliphatic rings. The van der Waals surface area contributed by atoms with Gasteiger partial charge in [-0.2, -0.15) is 0 Å². The molecule has 23 heavy (non-hydrogen) atoms. The van der Waals surface area contributed by atoms with Crippen LogP contribution in [0, 0.1) is 5.92 Å². The van der Waals surface area contributed by atoms with Gasteiger partial charge in [0, 0.05) is 18.1 Å². The van der Waals surface area contributed by atoms with Crippen molar-refractivity contribution in [3.8, 4) is 5.75 Å². The van der Waals surface area contributed by atoms with E-state index in [9.17, 15) is 9.59 Å². The Morgan fingerprint density at radius 2 is 1.96 bits per heavy atom. The molecule has 0 aromatic heterocycles. The Labute approximate surface area is 141 Å². The van der Waals surface area contributed by atoms with Crippen molar-refractivity contribution in [1.29, 1.82) is 0 Å². The van der Waals surface area contributed by atoms with Crippen LogP contribution in [0.25, 0.3) is 0 Å². The number of halogens is 1. The fraction of sp³-hybridized carbons (Fsp3) is 0.529. The number of hydrogen-bond donors (Lipinski definition) is 1. The van der Waals surface area contributed by atoms with Gasteiger partial charge in [0.1, 0.15) is 5.75 Å². The molecule has 1 fully saturated rings. The fourth-order valence-corrected chi connectivity index (χ4v) is 3.07. The van der Waals surface area contributed by atoms with Crippen LogP contribution < -0.4 is 10.5 Å². The Morgan fingerprint density at radius 3 is 2.57 bits per heavy atom. The molecule has 1 aliphatic carbocycles. The number of hydrogen-bond acceptors (Lipinski definition) is 3. The molecule has 2 amide bonds. The molecule has 1 aromatic carbocycles. The standard InChI is InChI=1S/C17H23ClN2O3/c1-11-3-6-13(7-4-11)20(2)16(21)10-23-15-8-5-12(18)9-14(15)17(19)22/h5,8-9,11,13H,3-4,6-7,10H2,1-2H3,(H2,19,22). The molecule has 2 N–H and O–H groups in total. The Kier molecular flexibility index (Phi) is 5.88. The summed E-state index contributed by atoms with van der Waals surface area (Å²) in [7, 11) is 1.81. The number of nitrogens with two attached hydrogens (primary N) is 1. The number of rotatable bonds is 5. The number of primary amides is 1. The van der Waals surface area contributed by atoms with Gasteiger partial charge in [0.15, 0.2) is 6.61 Å². The van der Waals surface area contributed by atoms with Gasteiger partial charge in [-0.1, -0.05) is 18.5 Å². The van der Waals surface area contributed by atoms with Crippen LogP contribution in [-0.4, -0.2) is 36.4 Å². The number of nitrogens with zero attached hydrogens (tertiary/aromatic N) is 1. The SMILES string of the molecule is CC1CCC(N(C)C(=O)COc2ccc(Cl)cc2C(N)=O)CC1. The molecule has 0 atom stereocenters. The topological polar surface area (TPSA) is 72.6 Å². The first-order valence-corrected chi connectivity index (χ1v) is 8.24. The molecular formula is C17H23ClN2O3. The number of carbonyl (C=O) groups is 2. The zero-order valence-corrected chi connectivity index (χ0v) is 14.3. The minimum atomic E-state index is -0.635. The average Bonchev–Trinajstić information content (AvgIpc) is 2.53. The van der Waals surface area contributed by atoms with E-state index in [0.29, 0.717) is 5.02 Å². The maximum absolute atomic E-state index is 12.3. The fourth-order valence-electron chi connectivity index (χ4n) is 2.90. The van der Waals surface area contributed by atoms with Crippen LogP contribution in [0.3, 0.4) is 0 Å². The van der Waals surface area contributed by atoms with E-state index in [4.69, 9.17) is 22.1 Å². The summed E-state index contributed by atoms with van der Waals surface area (Å²) in [5, 5.41) is 0.394. The summed E-state index contributed by atoms with van der Waals surface area (Å²) in [6.45, 7) is 2.12. The zero-order valence-electron chi connectivity index (χ0n) is 13.5. The predicted molar refractivity (Wildman–Crippen MR) is 89.7 cm³/mol. The molecule has 1 aromatic rings. The van der Waals surface area contributed by atoms with E-state index < -0.39 is 5.91 Å². The summed E-state index contributed by atoms with van der Waals surface area (Å²) in [5.41, 5.74) is 5.49. The predicted octanol–water partition coefficient (Wildman–Crippen LogP) is 2.85. The molecule has 5 nitrogen and oxygen atoms in total. The Balaban J connectivity index is 1.95. The summed E-state index contributed by atoms with van der Waals surface area (Å²) in [6.07, 6.45) is 4.34. The lowest BCUT2D eigenvalue weighted by Crippen LogP contribution is -2.41. The number of likely N-dealkylation sites (N-methyl/N-ethyl adjacent to an activating group) is 1. The highest BCUT2D eigenvalue weighted by Crippen LogP contribution is 2.27. The maximum atomic E-state index is 12.3. The van der Waals surface area contributed by atoms with Gasteiger partial charge in [0.05, 0.1) is 5.56 Å². The van der Waals surface area contributed by atoms with Gasteiger partial charge in [-0.25, -0.2) is 0 Å².